The van der Waals surface area contributed by atoms with Gasteiger partial charge in [0.05, 0.1) is 11.1 Å². The number of aromatic carboxylic acids is 1. The second-order valence-electron chi connectivity index (χ2n) is 7.76. The molecule has 0 saturated carbocycles. The summed E-state index contributed by atoms with van der Waals surface area (Å²) in [5, 5.41) is 12.5. The van der Waals surface area contributed by atoms with Gasteiger partial charge in [0.15, 0.2) is 0 Å². The Hall–Kier alpha value is -4.07. The van der Waals surface area contributed by atoms with Crippen molar-refractivity contribution in [1.82, 2.24) is 14.9 Å². The van der Waals surface area contributed by atoms with E-state index in [2.05, 4.69) is 15.3 Å². The number of rotatable bonds is 7. The molecule has 4 rings (SSSR count). The van der Waals surface area contributed by atoms with Crippen LogP contribution in [0.25, 0.3) is 0 Å². The molecular weight excluding hydrogens is 408 g/mol. The molecule has 1 aromatic heterocycles. The summed E-state index contributed by atoms with van der Waals surface area (Å²) >= 11 is 0. The van der Waals surface area contributed by atoms with Crippen LogP contribution in [0.4, 0.5) is 11.5 Å². The van der Waals surface area contributed by atoms with Crippen molar-refractivity contribution in [3.05, 3.63) is 82.3 Å². The Bertz CT molecular complexity index is 1240. The largest absolute Gasteiger partial charge is 0.477 e. The first kappa shape index (κ1) is 21.2. The molecule has 2 amide bonds. The second-order valence-corrected chi connectivity index (χ2v) is 7.76. The van der Waals surface area contributed by atoms with Gasteiger partial charge in [-0.2, -0.15) is 0 Å². The zero-order valence-corrected chi connectivity index (χ0v) is 17.8. The van der Waals surface area contributed by atoms with Gasteiger partial charge < -0.3 is 10.4 Å². The van der Waals surface area contributed by atoms with Crippen molar-refractivity contribution >= 4 is 29.3 Å². The zero-order chi connectivity index (χ0) is 22.8. The molecule has 8 nitrogen and oxygen atoms in total. The standard InChI is InChI=1S/C24H22N4O4/c1-14-5-3-6-16(11-14)26-21-19(24(31)32)13-25-20(27-21)7-4-10-28-22(29)17-9-8-15(2)12-18(17)23(28)30/h3,5-6,8-9,11-13H,4,7,10H2,1-2H3,(H,31,32)(H,25,26,27). The van der Waals surface area contributed by atoms with Gasteiger partial charge in [-0.3, -0.25) is 14.5 Å². The van der Waals surface area contributed by atoms with Crippen molar-refractivity contribution in [3.63, 3.8) is 0 Å². The molecule has 0 fully saturated rings. The first-order valence-electron chi connectivity index (χ1n) is 10.2. The van der Waals surface area contributed by atoms with Gasteiger partial charge in [0.1, 0.15) is 17.2 Å². The number of carbonyl (C=O) groups excluding carboxylic acids is 2. The monoisotopic (exact) mass is 430 g/mol. The number of nitrogens with one attached hydrogen (secondary N) is 1. The van der Waals surface area contributed by atoms with Crippen molar-refractivity contribution in [3.8, 4) is 0 Å². The number of imide groups is 1. The molecule has 0 aliphatic carbocycles. The normalized spacial score (nSPS) is 12.8. The Balaban J connectivity index is 1.46. The molecular formula is C24H22N4O4. The highest BCUT2D eigenvalue weighted by molar-refractivity contribution is 6.21. The highest BCUT2D eigenvalue weighted by atomic mass is 16.4. The van der Waals surface area contributed by atoms with E-state index in [9.17, 15) is 19.5 Å². The van der Waals surface area contributed by atoms with Crippen molar-refractivity contribution in [2.45, 2.75) is 26.7 Å². The van der Waals surface area contributed by atoms with Gasteiger partial charge in [-0.25, -0.2) is 14.8 Å². The van der Waals surface area contributed by atoms with Gasteiger partial charge in [0, 0.05) is 24.8 Å². The van der Waals surface area contributed by atoms with Crippen molar-refractivity contribution in [2.75, 3.05) is 11.9 Å². The van der Waals surface area contributed by atoms with Gasteiger partial charge in [0.2, 0.25) is 0 Å². The van der Waals surface area contributed by atoms with Gasteiger partial charge in [-0.15, -0.1) is 0 Å². The fourth-order valence-electron chi connectivity index (χ4n) is 3.65. The molecule has 2 aromatic carbocycles. The van der Waals surface area contributed by atoms with E-state index in [1.54, 1.807) is 12.1 Å². The molecule has 1 aliphatic heterocycles. The van der Waals surface area contributed by atoms with E-state index < -0.39 is 5.97 Å². The summed E-state index contributed by atoms with van der Waals surface area (Å²) in [6.07, 6.45) is 2.11. The maximum absolute atomic E-state index is 12.6. The maximum Gasteiger partial charge on any atom is 0.341 e. The van der Waals surface area contributed by atoms with Crippen LogP contribution in [0.2, 0.25) is 0 Å². The number of aryl methyl sites for hydroxylation is 3. The number of aromatic nitrogens is 2. The highest BCUT2D eigenvalue weighted by Crippen LogP contribution is 2.24. The fourth-order valence-corrected chi connectivity index (χ4v) is 3.65. The minimum absolute atomic E-state index is 0.0361. The molecule has 0 saturated heterocycles. The SMILES string of the molecule is Cc1cccc(Nc2nc(CCCN3C(=O)c4ccc(C)cc4C3=O)ncc2C(=O)O)c1. The Labute approximate surface area is 184 Å². The molecule has 1 aliphatic rings. The third kappa shape index (κ3) is 4.20. The van der Waals surface area contributed by atoms with E-state index >= 15 is 0 Å². The fraction of sp³-hybridized carbons (Fsp3) is 0.208. The minimum Gasteiger partial charge on any atom is -0.477 e. The minimum atomic E-state index is -1.13. The number of nitrogens with zero attached hydrogens (tertiary/aromatic N) is 3. The van der Waals surface area contributed by atoms with Crippen LogP contribution < -0.4 is 5.32 Å². The lowest BCUT2D eigenvalue weighted by atomic mass is 10.1. The highest BCUT2D eigenvalue weighted by Gasteiger charge is 2.34. The molecule has 0 bridgehead atoms. The molecule has 0 atom stereocenters. The van der Waals surface area contributed by atoms with Gasteiger partial charge >= 0.3 is 5.97 Å². The summed E-state index contributed by atoms with van der Waals surface area (Å²) in [5.74, 6) is -1.10. The molecule has 32 heavy (non-hydrogen) atoms. The number of anilines is 2. The van der Waals surface area contributed by atoms with Crippen LogP contribution in [0.15, 0.2) is 48.7 Å². The Morgan fingerprint density at radius 2 is 1.78 bits per heavy atom. The molecule has 162 valence electrons. The topological polar surface area (TPSA) is 112 Å². The average molecular weight is 430 g/mol. The summed E-state index contributed by atoms with van der Waals surface area (Å²) in [7, 11) is 0. The van der Waals surface area contributed by atoms with E-state index in [4.69, 9.17) is 0 Å². The molecule has 0 spiro atoms. The first-order chi connectivity index (χ1) is 15.3. The van der Waals surface area contributed by atoms with E-state index in [1.807, 2.05) is 44.2 Å². The summed E-state index contributed by atoms with van der Waals surface area (Å²) in [4.78, 5) is 46.5. The third-order valence-electron chi connectivity index (χ3n) is 5.26. The molecule has 8 heteroatoms. The maximum atomic E-state index is 12.6. The number of hydrogen-bond donors (Lipinski definition) is 2. The van der Waals surface area contributed by atoms with Crippen molar-refractivity contribution < 1.29 is 19.5 Å². The quantitative estimate of drug-likeness (QED) is 0.549. The molecule has 2 heterocycles. The summed E-state index contributed by atoms with van der Waals surface area (Å²) in [6, 6.07) is 12.7. The smallest absolute Gasteiger partial charge is 0.341 e. The van der Waals surface area contributed by atoms with Crippen LogP contribution in [0.5, 0.6) is 0 Å². The van der Waals surface area contributed by atoms with Crippen LogP contribution in [-0.4, -0.2) is 44.3 Å². The third-order valence-corrected chi connectivity index (χ3v) is 5.26. The van der Waals surface area contributed by atoms with Crippen LogP contribution in [0.3, 0.4) is 0 Å². The summed E-state index contributed by atoms with van der Waals surface area (Å²) < 4.78 is 0. The Kier molecular flexibility index (Phi) is 5.68. The molecule has 0 radical (unpaired) electrons. The molecule has 2 N–H and O–H groups in total. The van der Waals surface area contributed by atoms with Crippen LogP contribution in [-0.2, 0) is 6.42 Å². The van der Waals surface area contributed by atoms with Crippen molar-refractivity contribution in [2.24, 2.45) is 0 Å². The number of amides is 2. The van der Waals surface area contributed by atoms with Gasteiger partial charge in [-0.05, 0) is 50.1 Å². The lowest BCUT2D eigenvalue weighted by Crippen LogP contribution is -2.31. The number of hydrogen-bond acceptors (Lipinski definition) is 6. The number of fused-ring (bicyclic) bond motifs is 1. The Morgan fingerprint density at radius 1 is 1.03 bits per heavy atom. The van der Waals surface area contributed by atoms with Gasteiger partial charge in [0.25, 0.3) is 11.8 Å². The predicted octanol–water partition coefficient (Wildman–Crippen LogP) is 3.76. The van der Waals surface area contributed by atoms with E-state index in [1.165, 1.54) is 11.1 Å². The average Bonchev–Trinajstić information content (AvgIpc) is 2.98. The van der Waals surface area contributed by atoms with Crippen LogP contribution in [0.1, 0.15) is 54.4 Å². The van der Waals surface area contributed by atoms with Crippen molar-refractivity contribution in [1.29, 1.82) is 0 Å². The summed E-state index contributed by atoms with van der Waals surface area (Å²) in [5.41, 5.74) is 3.49. The lowest BCUT2D eigenvalue weighted by molar-refractivity contribution is 0.0648. The number of benzene rings is 2. The summed E-state index contributed by atoms with van der Waals surface area (Å²) in [6.45, 7) is 4.05. The number of carboxylic acid groups (broad SMARTS) is 1. The molecule has 3 aromatic rings. The lowest BCUT2D eigenvalue weighted by Gasteiger charge is -2.14. The Morgan fingerprint density at radius 3 is 2.53 bits per heavy atom. The molecule has 0 unspecified atom stereocenters. The van der Waals surface area contributed by atoms with Crippen LogP contribution >= 0.6 is 0 Å². The number of carboxylic acids is 1. The number of carbonyl (C=O) groups is 3. The van der Waals surface area contributed by atoms with Gasteiger partial charge in [-0.1, -0.05) is 23.8 Å². The van der Waals surface area contributed by atoms with Crippen LogP contribution in [0, 0.1) is 13.8 Å². The van der Waals surface area contributed by atoms with E-state index in [0.29, 0.717) is 29.8 Å². The first-order valence-corrected chi connectivity index (χ1v) is 10.2. The predicted molar refractivity (Wildman–Crippen MR) is 118 cm³/mol. The zero-order valence-electron chi connectivity index (χ0n) is 17.8. The van der Waals surface area contributed by atoms with E-state index in [-0.39, 0.29) is 29.7 Å². The second kappa shape index (κ2) is 8.58. The van der Waals surface area contributed by atoms with E-state index in [0.717, 1.165) is 16.8 Å².